The number of carbonyl (C=O) groups is 2. The second-order valence-corrected chi connectivity index (χ2v) is 7.58. The van der Waals surface area contributed by atoms with Gasteiger partial charge in [0.25, 0.3) is 0 Å². The van der Waals surface area contributed by atoms with Gasteiger partial charge in [0.05, 0.1) is 11.8 Å². The highest BCUT2D eigenvalue weighted by Gasteiger charge is 2.32. The van der Waals surface area contributed by atoms with Gasteiger partial charge in [-0.15, -0.1) is 0 Å². The van der Waals surface area contributed by atoms with E-state index in [9.17, 15) is 9.59 Å². The largest absolute Gasteiger partial charge is 0.460 e. The van der Waals surface area contributed by atoms with Crippen LogP contribution in [-0.4, -0.2) is 25.2 Å². The minimum Gasteiger partial charge on any atom is -0.460 e. The van der Waals surface area contributed by atoms with Crippen LogP contribution in [0.1, 0.15) is 25.7 Å². The van der Waals surface area contributed by atoms with Gasteiger partial charge in [-0.1, -0.05) is 21.6 Å². The molecular weight excluding hydrogens is 296 g/mol. The van der Waals surface area contributed by atoms with Crippen molar-refractivity contribution in [2.75, 3.05) is 13.2 Å². The zero-order valence-electron chi connectivity index (χ0n) is 11.0. The van der Waals surface area contributed by atoms with E-state index in [-0.39, 0.29) is 23.8 Å². The van der Waals surface area contributed by atoms with Crippen molar-refractivity contribution in [1.29, 1.82) is 0 Å². The first-order valence-electron chi connectivity index (χ1n) is 6.80. The molecule has 0 unspecified atom stereocenters. The van der Waals surface area contributed by atoms with Crippen molar-refractivity contribution in [1.82, 2.24) is 0 Å². The molecule has 0 radical (unpaired) electrons. The lowest BCUT2D eigenvalue weighted by Gasteiger charge is -2.13. The van der Waals surface area contributed by atoms with Gasteiger partial charge in [-0.3, -0.25) is 9.59 Å². The molecule has 1 aliphatic heterocycles. The van der Waals surface area contributed by atoms with Crippen molar-refractivity contribution in [2.45, 2.75) is 25.7 Å². The Bertz CT molecular complexity index is 432. The number of hydrogen-bond acceptors (Lipinski definition) is 6. The molecule has 0 aromatic heterocycles. The van der Waals surface area contributed by atoms with Crippen molar-refractivity contribution in [3.63, 3.8) is 0 Å². The highest BCUT2D eigenvalue weighted by atomic mass is 33.1. The summed E-state index contributed by atoms with van der Waals surface area (Å²) in [5, 5.41) is 0. The van der Waals surface area contributed by atoms with E-state index in [1.807, 2.05) is 12.2 Å². The Morgan fingerprint density at radius 3 is 1.60 bits per heavy atom. The summed E-state index contributed by atoms with van der Waals surface area (Å²) < 4.78 is 10.4. The first-order valence-corrected chi connectivity index (χ1v) is 8.95. The molecule has 1 heterocycles. The topological polar surface area (TPSA) is 52.6 Å². The first kappa shape index (κ1) is 14.1. The molecule has 0 aromatic carbocycles. The standard InChI is InChI=1S/C14H16O4S2/c15-13(9-1-2-9)17-7-11-5-6-12(20-19-11)8-18-14(16)10-3-4-10/h5-6,9-10H,1-4,7-8H2. The maximum Gasteiger partial charge on any atom is 0.309 e. The molecule has 4 nitrogen and oxygen atoms in total. The second kappa shape index (κ2) is 6.26. The summed E-state index contributed by atoms with van der Waals surface area (Å²) in [5.41, 5.74) is 0. The van der Waals surface area contributed by atoms with Crippen molar-refractivity contribution in [2.24, 2.45) is 11.8 Å². The van der Waals surface area contributed by atoms with Crippen LogP contribution < -0.4 is 0 Å². The SMILES string of the molecule is O=C(OCC1=CC=C(COC(=O)C2CC2)SS1)C1CC1. The van der Waals surface area contributed by atoms with Crippen molar-refractivity contribution in [3.8, 4) is 0 Å². The van der Waals surface area contributed by atoms with Crippen LogP contribution in [0.15, 0.2) is 22.0 Å². The Hall–Kier alpha value is -0.880. The fraction of sp³-hybridized carbons (Fsp3) is 0.571. The highest BCUT2D eigenvalue weighted by Crippen LogP contribution is 2.41. The smallest absolute Gasteiger partial charge is 0.309 e. The van der Waals surface area contributed by atoms with Crippen LogP contribution in [0.4, 0.5) is 0 Å². The van der Waals surface area contributed by atoms with Gasteiger partial charge in [0.2, 0.25) is 0 Å². The average Bonchev–Trinajstić information content (AvgIpc) is 3.33. The molecule has 108 valence electrons. The van der Waals surface area contributed by atoms with E-state index in [4.69, 9.17) is 9.47 Å². The molecule has 0 aromatic rings. The Labute approximate surface area is 125 Å². The molecule has 6 heteroatoms. The predicted octanol–water partition coefficient (Wildman–Crippen LogP) is 3.06. The van der Waals surface area contributed by atoms with E-state index < -0.39 is 0 Å². The Morgan fingerprint density at radius 1 is 0.900 bits per heavy atom. The van der Waals surface area contributed by atoms with E-state index in [0.717, 1.165) is 35.5 Å². The molecular formula is C14H16O4S2. The zero-order chi connectivity index (χ0) is 13.9. The Kier molecular flexibility index (Phi) is 4.41. The minimum absolute atomic E-state index is 0.0790. The molecule has 0 saturated heterocycles. The molecule has 2 fully saturated rings. The van der Waals surface area contributed by atoms with Gasteiger partial charge in [-0.2, -0.15) is 0 Å². The fourth-order valence-electron chi connectivity index (χ4n) is 1.65. The number of esters is 2. The van der Waals surface area contributed by atoms with Gasteiger partial charge in [0.1, 0.15) is 13.2 Å². The van der Waals surface area contributed by atoms with Gasteiger partial charge in [-0.05, 0) is 37.8 Å². The molecule has 0 spiro atoms. The van der Waals surface area contributed by atoms with E-state index in [0.29, 0.717) is 13.2 Å². The molecule has 0 bridgehead atoms. The quantitative estimate of drug-likeness (QED) is 0.555. The maximum atomic E-state index is 11.4. The maximum absolute atomic E-state index is 11.4. The predicted molar refractivity (Wildman–Crippen MR) is 78.7 cm³/mol. The molecule has 3 aliphatic rings. The number of carbonyl (C=O) groups excluding carboxylic acids is 2. The lowest BCUT2D eigenvalue weighted by Crippen LogP contribution is -2.10. The number of ether oxygens (including phenoxy) is 2. The van der Waals surface area contributed by atoms with Crippen LogP contribution in [0, 0.1) is 11.8 Å². The summed E-state index contributed by atoms with van der Waals surface area (Å²) in [5.74, 6) is 0.129. The highest BCUT2D eigenvalue weighted by molar-refractivity contribution is 8.79. The van der Waals surface area contributed by atoms with Crippen molar-refractivity contribution in [3.05, 3.63) is 22.0 Å². The van der Waals surface area contributed by atoms with Crippen LogP contribution in [0.5, 0.6) is 0 Å². The molecule has 2 aliphatic carbocycles. The summed E-state index contributed by atoms with van der Waals surface area (Å²) >= 11 is 0. The third-order valence-corrected chi connectivity index (χ3v) is 5.80. The summed E-state index contributed by atoms with van der Waals surface area (Å²) in [6.45, 7) is 0.692. The van der Waals surface area contributed by atoms with Gasteiger partial charge < -0.3 is 9.47 Å². The second-order valence-electron chi connectivity index (χ2n) is 5.20. The first-order chi connectivity index (χ1) is 9.72. The van der Waals surface area contributed by atoms with Gasteiger partial charge in [0, 0.05) is 9.81 Å². The number of rotatable bonds is 6. The summed E-state index contributed by atoms with van der Waals surface area (Å²) in [6.07, 6.45) is 7.74. The van der Waals surface area contributed by atoms with Crippen LogP contribution in [-0.2, 0) is 19.1 Å². The average molecular weight is 312 g/mol. The van der Waals surface area contributed by atoms with Crippen LogP contribution in [0.2, 0.25) is 0 Å². The van der Waals surface area contributed by atoms with Gasteiger partial charge in [0.15, 0.2) is 0 Å². The lowest BCUT2D eigenvalue weighted by molar-refractivity contribution is -0.144. The Morgan fingerprint density at radius 2 is 1.30 bits per heavy atom. The van der Waals surface area contributed by atoms with E-state index >= 15 is 0 Å². The van der Waals surface area contributed by atoms with E-state index in [1.54, 1.807) is 21.6 Å². The van der Waals surface area contributed by atoms with Crippen LogP contribution >= 0.6 is 21.6 Å². The molecule has 20 heavy (non-hydrogen) atoms. The third-order valence-electron chi connectivity index (χ3n) is 3.25. The summed E-state index contributed by atoms with van der Waals surface area (Å²) in [7, 11) is 3.12. The molecule has 3 rings (SSSR count). The van der Waals surface area contributed by atoms with Gasteiger partial charge in [-0.25, -0.2) is 0 Å². The lowest BCUT2D eigenvalue weighted by atomic mass is 10.4. The van der Waals surface area contributed by atoms with Crippen LogP contribution in [0.25, 0.3) is 0 Å². The number of hydrogen-bond donors (Lipinski definition) is 0. The molecule has 2 saturated carbocycles. The van der Waals surface area contributed by atoms with Gasteiger partial charge >= 0.3 is 11.9 Å². The number of allylic oxidation sites excluding steroid dienone is 2. The van der Waals surface area contributed by atoms with Crippen LogP contribution in [0.3, 0.4) is 0 Å². The Balaban J connectivity index is 1.40. The minimum atomic E-state index is -0.0790. The zero-order valence-corrected chi connectivity index (χ0v) is 12.6. The normalized spacial score (nSPS) is 21.8. The third kappa shape index (κ3) is 4.06. The van der Waals surface area contributed by atoms with Crippen molar-refractivity contribution < 1.29 is 19.1 Å². The molecule has 0 atom stereocenters. The fourth-order valence-corrected chi connectivity index (χ4v) is 3.59. The van der Waals surface area contributed by atoms with E-state index in [2.05, 4.69) is 0 Å². The van der Waals surface area contributed by atoms with E-state index in [1.165, 1.54) is 0 Å². The monoisotopic (exact) mass is 312 g/mol. The summed E-state index contributed by atoms with van der Waals surface area (Å²) in [4.78, 5) is 24.9. The molecule has 0 amide bonds. The summed E-state index contributed by atoms with van der Waals surface area (Å²) in [6, 6.07) is 0. The molecule has 0 N–H and O–H groups in total. The van der Waals surface area contributed by atoms with Crippen molar-refractivity contribution >= 4 is 33.5 Å².